The number of fused-ring (bicyclic) bond motifs is 4. The van der Waals surface area contributed by atoms with Gasteiger partial charge >= 0.3 is 0 Å². The van der Waals surface area contributed by atoms with Gasteiger partial charge in [-0.1, -0.05) is 133 Å². The molecule has 0 unspecified atom stereocenters. The van der Waals surface area contributed by atoms with Crippen molar-refractivity contribution in [2.45, 2.75) is 0 Å². The van der Waals surface area contributed by atoms with E-state index in [0.717, 1.165) is 66.1 Å². The lowest BCUT2D eigenvalue weighted by atomic mass is 9.85. The Hall–Kier alpha value is -6.12. The van der Waals surface area contributed by atoms with Gasteiger partial charge in [-0.2, -0.15) is 0 Å². The summed E-state index contributed by atoms with van der Waals surface area (Å²) >= 11 is 0. The van der Waals surface area contributed by atoms with Gasteiger partial charge in [0.2, 0.25) is 0 Å². The van der Waals surface area contributed by atoms with Crippen molar-refractivity contribution in [1.29, 1.82) is 0 Å². The Kier molecular flexibility index (Phi) is 4.61. The Morgan fingerprint density at radius 1 is 0.283 bits per heavy atom. The molecule has 46 heavy (non-hydrogen) atoms. The maximum Gasteiger partial charge on any atom is 0.144 e. The van der Waals surface area contributed by atoms with Gasteiger partial charge in [-0.05, 0) is 55.6 Å². The van der Waals surface area contributed by atoms with Crippen LogP contribution in [-0.2, 0) is 0 Å². The molecule has 0 atom stereocenters. The molecule has 2 heteroatoms. The molecule has 2 aromatic heterocycles. The van der Waals surface area contributed by atoms with Gasteiger partial charge in [0.15, 0.2) is 0 Å². The summed E-state index contributed by atoms with van der Waals surface area (Å²) in [6.07, 6.45) is 0. The Bertz CT molecular complexity index is 2760. The third-order valence-corrected chi connectivity index (χ3v) is 9.97. The van der Waals surface area contributed by atoms with Crippen LogP contribution in [0.2, 0.25) is 0 Å². The number of benzene rings is 9. The van der Waals surface area contributed by atoms with Crippen molar-refractivity contribution in [2.75, 3.05) is 0 Å². The monoisotopic (exact) mass is 584 g/mol. The van der Waals surface area contributed by atoms with Gasteiger partial charge in [-0.3, -0.25) is 0 Å². The maximum absolute atomic E-state index is 7.19. The van der Waals surface area contributed by atoms with Crippen molar-refractivity contribution in [1.82, 2.24) is 0 Å². The second-order valence-electron chi connectivity index (χ2n) is 12.4. The molecule has 0 saturated heterocycles. The lowest BCUT2D eigenvalue weighted by Gasteiger charge is -2.21. The summed E-state index contributed by atoms with van der Waals surface area (Å²) in [5.41, 5.74) is 7.81. The molecule has 0 N–H and O–H groups in total. The Morgan fingerprint density at radius 3 is 1.09 bits per heavy atom. The third-order valence-electron chi connectivity index (χ3n) is 9.97. The van der Waals surface area contributed by atoms with E-state index < -0.39 is 0 Å². The van der Waals surface area contributed by atoms with Crippen LogP contribution in [0.5, 0.6) is 0 Å². The zero-order valence-electron chi connectivity index (χ0n) is 24.7. The molecular weight excluding hydrogens is 560 g/mol. The molecule has 0 spiro atoms. The molecule has 0 radical (unpaired) electrons. The largest absolute Gasteiger partial charge is 0.455 e. The standard InChI is InChI=1S/C44H24O2/c1-3-9-25(10-4-1)37-41-31-21-17-27-13-7-15-29-20-24-34(39(31)35(27)29)46-44(41)38(26-11-5-2-6-12-26)42-32-22-18-28-14-8-16-30-19-23-33(45-43(37)42)40(32)36(28)30/h1-24H. The van der Waals surface area contributed by atoms with Crippen molar-refractivity contribution in [3.05, 3.63) is 146 Å². The smallest absolute Gasteiger partial charge is 0.144 e. The lowest BCUT2D eigenvalue weighted by molar-refractivity contribution is 0.656. The van der Waals surface area contributed by atoms with Crippen LogP contribution in [0.1, 0.15) is 0 Å². The molecule has 2 nitrogen and oxygen atoms in total. The minimum absolute atomic E-state index is 0.869. The van der Waals surface area contributed by atoms with Crippen LogP contribution >= 0.6 is 0 Å². The highest BCUT2D eigenvalue weighted by atomic mass is 16.3. The second-order valence-corrected chi connectivity index (χ2v) is 12.4. The van der Waals surface area contributed by atoms with E-state index in [2.05, 4.69) is 146 Å². The van der Waals surface area contributed by atoms with Crippen LogP contribution in [0.25, 0.3) is 109 Å². The molecular formula is C44H24O2. The summed E-state index contributed by atoms with van der Waals surface area (Å²) in [6.45, 7) is 0. The van der Waals surface area contributed by atoms with Gasteiger partial charge in [0, 0.05) is 43.4 Å². The molecule has 2 heterocycles. The van der Waals surface area contributed by atoms with Gasteiger partial charge in [0.25, 0.3) is 0 Å². The first-order valence-corrected chi connectivity index (χ1v) is 15.8. The first kappa shape index (κ1) is 24.2. The quantitative estimate of drug-likeness (QED) is 0.149. The van der Waals surface area contributed by atoms with E-state index in [-0.39, 0.29) is 0 Å². The fraction of sp³-hybridized carbons (Fsp3) is 0. The van der Waals surface area contributed by atoms with Crippen LogP contribution < -0.4 is 0 Å². The molecule has 0 fully saturated rings. The number of hydrogen-bond acceptors (Lipinski definition) is 2. The predicted octanol–water partition coefficient (Wildman–Crippen LogP) is 12.9. The fourth-order valence-electron chi connectivity index (χ4n) is 8.09. The summed E-state index contributed by atoms with van der Waals surface area (Å²) in [7, 11) is 0. The Labute approximate surface area is 263 Å². The average Bonchev–Trinajstić information content (AvgIpc) is 3.12. The van der Waals surface area contributed by atoms with Gasteiger partial charge in [-0.15, -0.1) is 0 Å². The highest BCUT2D eigenvalue weighted by Crippen LogP contribution is 2.52. The van der Waals surface area contributed by atoms with E-state index in [1.165, 1.54) is 43.1 Å². The van der Waals surface area contributed by atoms with Gasteiger partial charge in [0.1, 0.15) is 22.3 Å². The molecule has 9 aromatic carbocycles. The zero-order chi connectivity index (χ0) is 29.9. The maximum atomic E-state index is 7.19. The van der Waals surface area contributed by atoms with Crippen molar-refractivity contribution in [3.8, 4) is 22.3 Å². The highest BCUT2D eigenvalue weighted by molar-refractivity contribution is 6.36. The average molecular weight is 585 g/mol. The zero-order valence-corrected chi connectivity index (χ0v) is 24.7. The summed E-state index contributed by atoms with van der Waals surface area (Å²) in [6, 6.07) is 52.1. The summed E-state index contributed by atoms with van der Waals surface area (Å²) in [4.78, 5) is 0. The molecule has 0 bridgehead atoms. The van der Waals surface area contributed by atoms with Gasteiger partial charge < -0.3 is 8.83 Å². The molecule has 0 amide bonds. The van der Waals surface area contributed by atoms with Crippen LogP contribution in [-0.4, -0.2) is 0 Å². The first-order valence-electron chi connectivity index (χ1n) is 15.8. The second kappa shape index (κ2) is 8.74. The molecule has 11 aromatic rings. The van der Waals surface area contributed by atoms with Crippen molar-refractivity contribution >= 4 is 87.0 Å². The van der Waals surface area contributed by atoms with Crippen molar-refractivity contribution in [2.24, 2.45) is 0 Å². The minimum atomic E-state index is 0.869. The van der Waals surface area contributed by atoms with Crippen molar-refractivity contribution < 1.29 is 8.83 Å². The Morgan fingerprint density at radius 2 is 0.674 bits per heavy atom. The molecule has 0 saturated carbocycles. The summed E-state index contributed by atoms with van der Waals surface area (Å²) in [5, 5.41) is 14.1. The molecule has 11 rings (SSSR count). The summed E-state index contributed by atoms with van der Waals surface area (Å²) < 4.78 is 14.4. The molecule has 212 valence electrons. The topological polar surface area (TPSA) is 26.3 Å². The summed E-state index contributed by atoms with van der Waals surface area (Å²) in [5.74, 6) is 0. The highest BCUT2D eigenvalue weighted by Gasteiger charge is 2.27. The van der Waals surface area contributed by atoms with Crippen LogP contribution in [0.3, 0.4) is 0 Å². The van der Waals surface area contributed by atoms with E-state index in [9.17, 15) is 0 Å². The molecule has 0 aliphatic carbocycles. The van der Waals surface area contributed by atoms with Crippen LogP contribution in [0, 0.1) is 0 Å². The van der Waals surface area contributed by atoms with Crippen LogP contribution in [0.4, 0.5) is 0 Å². The van der Waals surface area contributed by atoms with E-state index in [1.807, 2.05) is 0 Å². The van der Waals surface area contributed by atoms with Crippen LogP contribution in [0.15, 0.2) is 154 Å². The van der Waals surface area contributed by atoms with Gasteiger partial charge in [0.05, 0.1) is 0 Å². The van der Waals surface area contributed by atoms with E-state index in [4.69, 9.17) is 8.83 Å². The SMILES string of the molecule is c1ccc(-c2c3oc4ccc5cccc6ccc(c3c(-c3ccccc3)c3oc7ccc8cccc9ccc(c23)c7c89)c4c56)cc1. The Balaban J connectivity index is 1.50. The van der Waals surface area contributed by atoms with Gasteiger partial charge in [-0.25, -0.2) is 0 Å². The normalized spacial score (nSPS) is 12.3. The predicted molar refractivity (Wildman–Crippen MR) is 193 cm³/mol. The van der Waals surface area contributed by atoms with E-state index in [1.54, 1.807) is 0 Å². The number of hydrogen-bond donors (Lipinski definition) is 0. The number of rotatable bonds is 2. The fourth-order valence-corrected chi connectivity index (χ4v) is 8.09. The molecule has 0 aliphatic rings. The lowest BCUT2D eigenvalue weighted by Crippen LogP contribution is -1.95. The van der Waals surface area contributed by atoms with E-state index in [0.29, 0.717) is 0 Å². The van der Waals surface area contributed by atoms with Crippen molar-refractivity contribution in [3.63, 3.8) is 0 Å². The third kappa shape index (κ3) is 3.05. The first-order chi connectivity index (χ1) is 22.8. The minimum Gasteiger partial charge on any atom is -0.455 e. The molecule has 0 aliphatic heterocycles. The van der Waals surface area contributed by atoms with E-state index >= 15 is 0 Å².